The third kappa shape index (κ3) is 3.44. The maximum atomic E-state index is 9.09. The summed E-state index contributed by atoms with van der Waals surface area (Å²) in [5.74, 6) is 0. The Morgan fingerprint density at radius 2 is 2.38 bits per heavy atom. The predicted octanol–water partition coefficient (Wildman–Crippen LogP) is 0.741. The van der Waals surface area contributed by atoms with E-state index in [1.807, 2.05) is 0 Å². The molecule has 0 bridgehead atoms. The Hall–Kier alpha value is -0.630. The van der Waals surface area contributed by atoms with Gasteiger partial charge in [0.2, 0.25) is 0 Å². The largest absolute Gasteiger partial charge is 0.376 e. The van der Waals surface area contributed by atoms with Gasteiger partial charge in [-0.15, -0.1) is 0 Å². The first-order valence-corrected chi connectivity index (χ1v) is 6.31. The molecule has 0 amide bonds. The van der Waals surface area contributed by atoms with Crippen LogP contribution in [0.3, 0.4) is 0 Å². The topological polar surface area (TPSA) is 48.3 Å². The minimum absolute atomic E-state index is 0.0110. The molecule has 2 aliphatic rings. The highest BCUT2D eigenvalue weighted by Gasteiger charge is 2.27. The van der Waals surface area contributed by atoms with E-state index in [0.29, 0.717) is 12.1 Å². The summed E-state index contributed by atoms with van der Waals surface area (Å²) in [6, 6.07) is 2.95. The average molecular weight is 223 g/mol. The van der Waals surface area contributed by atoms with Crippen molar-refractivity contribution in [3.05, 3.63) is 0 Å². The lowest BCUT2D eigenvalue weighted by atomic mass is 10.2. The molecular weight excluding hydrogens is 202 g/mol. The third-order valence-corrected chi connectivity index (χ3v) is 3.29. The summed E-state index contributed by atoms with van der Waals surface area (Å²) in [6.45, 7) is 5.73. The Bertz CT molecular complexity index is 259. The molecule has 0 radical (unpaired) electrons. The normalized spacial score (nSPS) is 28.6. The molecule has 4 nitrogen and oxygen atoms in total. The van der Waals surface area contributed by atoms with Gasteiger partial charge in [-0.3, -0.25) is 10.2 Å². The van der Waals surface area contributed by atoms with Crippen LogP contribution in [0, 0.1) is 11.3 Å². The van der Waals surface area contributed by atoms with Crippen LogP contribution in [0.4, 0.5) is 0 Å². The molecule has 0 aromatic rings. The van der Waals surface area contributed by atoms with E-state index in [9.17, 15) is 0 Å². The third-order valence-electron chi connectivity index (χ3n) is 3.29. The summed E-state index contributed by atoms with van der Waals surface area (Å²) >= 11 is 0. The van der Waals surface area contributed by atoms with E-state index < -0.39 is 0 Å². The van der Waals surface area contributed by atoms with Crippen molar-refractivity contribution >= 4 is 0 Å². The average Bonchev–Trinajstić information content (AvgIpc) is 3.12. The smallest absolute Gasteiger partial charge is 0.108 e. The quantitative estimate of drug-likeness (QED) is 0.747. The lowest BCUT2D eigenvalue weighted by molar-refractivity contribution is -0.0307. The van der Waals surface area contributed by atoms with E-state index in [1.165, 1.54) is 12.8 Å². The van der Waals surface area contributed by atoms with Crippen LogP contribution in [0.5, 0.6) is 0 Å². The molecule has 1 aliphatic carbocycles. The van der Waals surface area contributed by atoms with E-state index >= 15 is 0 Å². The van der Waals surface area contributed by atoms with Gasteiger partial charge < -0.3 is 4.74 Å². The Kier molecular flexibility index (Phi) is 4.16. The number of morpholine rings is 1. The fraction of sp³-hybridized carbons (Fsp3) is 0.917. The Balaban J connectivity index is 1.75. The molecule has 2 rings (SSSR count). The van der Waals surface area contributed by atoms with Gasteiger partial charge in [0.25, 0.3) is 0 Å². The first-order chi connectivity index (χ1) is 7.81. The van der Waals surface area contributed by atoms with Crippen molar-refractivity contribution in [2.75, 3.05) is 26.2 Å². The molecule has 1 saturated heterocycles. The standard InChI is InChI=1S/C12H21N3O/c1-2-12-9-15(5-6-16-12)8-11(7-13)14-10-3-4-10/h10-12,14H,2-6,8-9H2,1H3. The second kappa shape index (κ2) is 5.62. The Labute approximate surface area is 97.6 Å². The zero-order valence-electron chi connectivity index (χ0n) is 9.98. The minimum atomic E-state index is -0.0110. The molecule has 1 saturated carbocycles. The predicted molar refractivity (Wildman–Crippen MR) is 62.0 cm³/mol. The number of nitrogens with zero attached hydrogens (tertiary/aromatic N) is 2. The summed E-state index contributed by atoms with van der Waals surface area (Å²) in [5, 5.41) is 12.5. The minimum Gasteiger partial charge on any atom is -0.376 e. The molecule has 2 atom stereocenters. The van der Waals surface area contributed by atoms with Crippen LogP contribution in [-0.4, -0.2) is 49.3 Å². The first kappa shape index (κ1) is 11.8. The molecule has 2 unspecified atom stereocenters. The van der Waals surface area contributed by atoms with E-state index in [4.69, 9.17) is 10.00 Å². The van der Waals surface area contributed by atoms with Crippen molar-refractivity contribution in [2.24, 2.45) is 0 Å². The van der Waals surface area contributed by atoms with Gasteiger partial charge >= 0.3 is 0 Å². The van der Waals surface area contributed by atoms with E-state index in [0.717, 1.165) is 32.7 Å². The number of nitriles is 1. The number of hydrogen-bond donors (Lipinski definition) is 1. The van der Waals surface area contributed by atoms with Gasteiger partial charge in [-0.05, 0) is 19.3 Å². The fourth-order valence-corrected chi connectivity index (χ4v) is 2.12. The molecule has 1 aliphatic heterocycles. The summed E-state index contributed by atoms with van der Waals surface area (Å²) in [4.78, 5) is 2.35. The van der Waals surface area contributed by atoms with E-state index in [-0.39, 0.29) is 6.04 Å². The van der Waals surface area contributed by atoms with E-state index in [1.54, 1.807) is 0 Å². The number of nitrogens with one attached hydrogen (secondary N) is 1. The number of rotatable bonds is 5. The highest BCUT2D eigenvalue weighted by Crippen LogP contribution is 2.19. The SMILES string of the molecule is CCC1CN(CC(C#N)NC2CC2)CCO1. The van der Waals surface area contributed by atoms with Crippen LogP contribution in [0.2, 0.25) is 0 Å². The van der Waals surface area contributed by atoms with Crippen LogP contribution in [0.25, 0.3) is 0 Å². The summed E-state index contributed by atoms with van der Waals surface area (Å²) in [6.07, 6.45) is 3.88. The lowest BCUT2D eigenvalue weighted by Gasteiger charge is -2.33. The highest BCUT2D eigenvalue weighted by atomic mass is 16.5. The number of ether oxygens (including phenoxy) is 1. The molecule has 4 heteroatoms. The highest BCUT2D eigenvalue weighted by molar-refractivity contribution is 4.97. The molecule has 1 N–H and O–H groups in total. The first-order valence-electron chi connectivity index (χ1n) is 6.31. The van der Waals surface area contributed by atoms with Gasteiger partial charge in [-0.1, -0.05) is 6.92 Å². The Morgan fingerprint density at radius 1 is 1.56 bits per heavy atom. The van der Waals surface area contributed by atoms with Gasteiger partial charge in [-0.25, -0.2) is 0 Å². The van der Waals surface area contributed by atoms with Gasteiger partial charge in [-0.2, -0.15) is 5.26 Å². The summed E-state index contributed by atoms with van der Waals surface area (Å²) < 4.78 is 5.62. The van der Waals surface area contributed by atoms with Crippen molar-refractivity contribution in [2.45, 2.75) is 44.4 Å². The zero-order valence-corrected chi connectivity index (χ0v) is 9.98. The van der Waals surface area contributed by atoms with Crippen LogP contribution in [0.1, 0.15) is 26.2 Å². The van der Waals surface area contributed by atoms with Crippen molar-refractivity contribution in [3.8, 4) is 6.07 Å². The Morgan fingerprint density at radius 3 is 3.00 bits per heavy atom. The number of hydrogen-bond acceptors (Lipinski definition) is 4. The molecule has 16 heavy (non-hydrogen) atoms. The second-order valence-electron chi connectivity index (χ2n) is 4.78. The van der Waals surface area contributed by atoms with Crippen molar-refractivity contribution < 1.29 is 4.74 Å². The fourth-order valence-electron chi connectivity index (χ4n) is 2.12. The van der Waals surface area contributed by atoms with Crippen molar-refractivity contribution in [1.82, 2.24) is 10.2 Å². The van der Waals surface area contributed by atoms with Crippen LogP contribution >= 0.6 is 0 Å². The van der Waals surface area contributed by atoms with E-state index in [2.05, 4.69) is 23.2 Å². The maximum absolute atomic E-state index is 9.09. The van der Waals surface area contributed by atoms with Gasteiger partial charge in [0.05, 0.1) is 18.8 Å². The summed E-state index contributed by atoms with van der Waals surface area (Å²) in [7, 11) is 0. The van der Waals surface area contributed by atoms with Crippen LogP contribution < -0.4 is 5.32 Å². The zero-order chi connectivity index (χ0) is 11.4. The lowest BCUT2D eigenvalue weighted by Crippen LogP contribution is -2.48. The second-order valence-corrected chi connectivity index (χ2v) is 4.78. The molecule has 1 heterocycles. The van der Waals surface area contributed by atoms with Crippen molar-refractivity contribution in [1.29, 1.82) is 5.26 Å². The molecule has 0 spiro atoms. The molecule has 2 fully saturated rings. The van der Waals surface area contributed by atoms with Crippen LogP contribution in [-0.2, 0) is 4.74 Å². The maximum Gasteiger partial charge on any atom is 0.108 e. The molecule has 0 aromatic carbocycles. The monoisotopic (exact) mass is 223 g/mol. The van der Waals surface area contributed by atoms with Gasteiger partial charge in [0.15, 0.2) is 0 Å². The van der Waals surface area contributed by atoms with Gasteiger partial charge in [0.1, 0.15) is 6.04 Å². The van der Waals surface area contributed by atoms with Gasteiger partial charge in [0, 0.05) is 25.7 Å². The molecule has 90 valence electrons. The van der Waals surface area contributed by atoms with Crippen molar-refractivity contribution in [3.63, 3.8) is 0 Å². The van der Waals surface area contributed by atoms with Crippen LogP contribution in [0.15, 0.2) is 0 Å². The summed E-state index contributed by atoms with van der Waals surface area (Å²) in [5.41, 5.74) is 0. The molecule has 0 aromatic heterocycles. The molecular formula is C12H21N3O.